The maximum atomic E-state index is 13.7. The van der Waals surface area contributed by atoms with E-state index in [1.165, 1.54) is 20.3 Å². The Bertz CT molecular complexity index is 1540. The Hall–Kier alpha value is -4.29. The molecule has 0 radical (unpaired) electrons. The van der Waals surface area contributed by atoms with E-state index in [-0.39, 0.29) is 23.3 Å². The van der Waals surface area contributed by atoms with Gasteiger partial charge in [-0.1, -0.05) is 18.2 Å². The highest BCUT2D eigenvalue weighted by Crippen LogP contribution is 2.33. The fourth-order valence-corrected chi connectivity index (χ4v) is 6.23. The third kappa shape index (κ3) is 7.12. The number of anilines is 2. The van der Waals surface area contributed by atoms with Gasteiger partial charge in [0.15, 0.2) is 11.5 Å². The highest BCUT2D eigenvalue weighted by atomic mass is 32.2. The van der Waals surface area contributed by atoms with E-state index in [1.807, 2.05) is 11.0 Å². The van der Waals surface area contributed by atoms with Crippen LogP contribution < -0.4 is 34.9 Å². The van der Waals surface area contributed by atoms with E-state index < -0.39 is 15.9 Å². The zero-order valence-electron chi connectivity index (χ0n) is 23.9. The number of rotatable bonds is 12. The molecule has 1 heterocycles. The molecule has 224 valence electrons. The van der Waals surface area contributed by atoms with Crippen LogP contribution >= 0.6 is 0 Å². The van der Waals surface area contributed by atoms with Gasteiger partial charge in [0, 0.05) is 31.2 Å². The van der Waals surface area contributed by atoms with Crippen molar-refractivity contribution in [1.82, 2.24) is 4.72 Å². The summed E-state index contributed by atoms with van der Waals surface area (Å²) in [5.41, 5.74) is 7.46. The Kier molecular flexibility index (Phi) is 9.92. The molecule has 0 atom stereocenters. The molecule has 1 fully saturated rings. The van der Waals surface area contributed by atoms with E-state index in [0.29, 0.717) is 66.5 Å². The van der Waals surface area contributed by atoms with E-state index in [0.717, 1.165) is 5.56 Å². The van der Waals surface area contributed by atoms with Crippen molar-refractivity contribution in [3.63, 3.8) is 0 Å². The summed E-state index contributed by atoms with van der Waals surface area (Å²) in [6.45, 7) is 1.06. The van der Waals surface area contributed by atoms with Gasteiger partial charge in [0.2, 0.25) is 15.9 Å². The molecule has 0 spiro atoms. The largest absolute Gasteiger partial charge is 0.496 e. The van der Waals surface area contributed by atoms with Crippen LogP contribution in [-0.2, 0) is 21.2 Å². The van der Waals surface area contributed by atoms with Crippen LogP contribution in [0.1, 0.15) is 28.8 Å². The second-order valence-corrected chi connectivity index (χ2v) is 11.6. The molecule has 0 aliphatic carbocycles. The van der Waals surface area contributed by atoms with Crippen LogP contribution in [0.5, 0.6) is 17.2 Å². The normalized spacial score (nSPS) is 13.8. The van der Waals surface area contributed by atoms with Crippen molar-refractivity contribution in [3.05, 3.63) is 71.8 Å². The number of nitrogens with zero attached hydrogens (tertiary/aromatic N) is 1. The number of methoxy groups -OCH3 is 3. The number of carbonyl (C=O) groups is 2. The lowest BCUT2D eigenvalue weighted by Crippen LogP contribution is -2.39. The molecule has 4 rings (SSSR count). The van der Waals surface area contributed by atoms with Crippen LogP contribution in [0.25, 0.3) is 0 Å². The molecule has 2 amide bonds. The molecule has 42 heavy (non-hydrogen) atoms. The first-order chi connectivity index (χ1) is 20.2. The van der Waals surface area contributed by atoms with Gasteiger partial charge < -0.3 is 30.2 Å². The Morgan fingerprint density at radius 3 is 2.26 bits per heavy atom. The fourth-order valence-electron chi connectivity index (χ4n) is 4.95. The first-order valence-corrected chi connectivity index (χ1v) is 15.0. The van der Waals surface area contributed by atoms with Gasteiger partial charge in [-0.3, -0.25) is 9.59 Å². The average Bonchev–Trinajstić information content (AvgIpc) is 3.00. The smallest absolute Gasteiger partial charge is 0.259 e. The van der Waals surface area contributed by atoms with Crippen LogP contribution in [0.2, 0.25) is 0 Å². The van der Waals surface area contributed by atoms with Gasteiger partial charge >= 0.3 is 0 Å². The number of benzene rings is 3. The van der Waals surface area contributed by atoms with Gasteiger partial charge in [0.1, 0.15) is 10.6 Å². The molecule has 11 nitrogen and oxygen atoms in total. The topological polar surface area (TPSA) is 149 Å². The van der Waals surface area contributed by atoms with Crippen LogP contribution in [0.15, 0.2) is 65.6 Å². The Morgan fingerprint density at radius 2 is 1.60 bits per heavy atom. The minimum Gasteiger partial charge on any atom is -0.496 e. The molecule has 3 aromatic rings. The summed E-state index contributed by atoms with van der Waals surface area (Å²) >= 11 is 0. The Morgan fingerprint density at radius 1 is 0.905 bits per heavy atom. The number of carbonyl (C=O) groups excluding carboxylic acids is 2. The minimum atomic E-state index is -4.02. The minimum absolute atomic E-state index is 0.0187. The van der Waals surface area contributed by atoms with Gasteiger partial charge in [0.25, 0.3) is 5.91 Å². The summed E-state index contributed by atoms with van der Waals surface area (Å²) in [6.07, 6.45) is 1.45. The summed E-state index contributed by atoms with van der Waals surface area (Å²) in [7, 11) is 0.541. The molecule has 1 saturated heterocycles. The lowest BCUT2D eigenvalue weighted by molar-refractivity contribution is -0.122. The number of amides is 2. The predicted molar refractivity (Wildman–Crippen MR) is 160 cm³/mol. The first kappa shape index (κ1) is 30.7. The summed E-state index contributed by atoms with van der Waals surface area (Å²) in [4.78, 5) is 26.7. The third-order valence-corrected chi connectivity index (χ3v) is 8.74. The summed E-state index contributed by atoms with van der Waals surface area (Å²) in [5, 5.41) is 2.79. The van der Waals surface area contributed by atoms with Crippen LogP contribution in [-0.4, -0.2) is 61.2 Å². The van der Waals surface area contributed by atoms with E-state index in [4.69, 9.17) is 19.9 Å². The molecule has 0 aromatic heterocycles. The van der Waals surface area contributed by atoms with Gasteiger partial charge in [0.05, 0.1) is 32.6 Å². The van der Waals surface area contributed by atoms with Gasteiger partial charge in [-0.05, 0) is 67.3 Å². The quantitative estimate of drug-likeness (QED) is 0.289. The average molecular weight is 597 g/mol. The molecule has 1 aliphatic heterocycles. The number of ether oxygens (including phenoxy) is 3. The highest BCUT2D eigenvalue weighted by Gasteiger charge is 2.28. The van der Waals surface area contributed by atoms with Crippen molar-refractivity contribution in [2.45, 2.75) is 24.2 Å². The van der Waals surface area contributed by atoms with Crippen molar-refractivity contribution in [3.8, 4) is 17.2 Å². The standard InChI is InChI=1S/C30H36N4O7S/c1-39-25-7-5-4-6-23(25)30(36)33-22-9-10-24(34-16-13-21(14-17-34)29(31)35)28(19-22)42(37,38)32-15-12-20-8-11-26(40-2)27(18-20)41-3/h4-11,18-19,21,32H,12-17H2,1-3H3,(H2,31,35)(H,33,36). The second kappa shape index (κ2) is 13.6. The molecule has 3 aromatic carbocycles. The van der Waals surface area contributed by atoms with Crippen molar-refractivity contribution in [2.24, 2.45) is 11.7 Å². The van der Waals surface area contributed by atoms with Crippen LogP contribution in [0, 0.1) is 5.92 Å². The van der Waals surface area contributed by atoms with Crippen molar-refractivity contribution < 1.29 is 32.2 Å². The Labute approximate surface area is 246 Å². The lowest BCUT2D eigenvalue weighted by atomic mass is 9.96. The summed E-state index contributed by atoms with van der Waals surface area (Å²) in [6, 6.07) is 17.0. The van der Waals surface area contributed by atoms with Crippen molar-refractivity contribution >= 4 is 33.2 Å². The number of hydrogen-bond donors (Lipinski definition) is 3. The SMILES string of the molecule is COc1ccc(CCNS(=O)(=O)c2cc(NC(=O)c3ccccc3OC)ccc2N2CCC(C(N)=O)CC2)cc1OC. The van der Waals surface area contributed by atoms with E-state index in [2.05, 4.69) is 10.0 Å². The predicted octanol–water partition coefficient (Wildman–Crippen LogP) is 3.19. The fraction of sp³-hybridized carbons (Fsp3) is 0.333. The maximum absolute atomic E-state index is 13.7. The number of nitrogens with two attached hydrogens (primary N) is 1. The zero-order valence-corrected chi connectivity index (χ0v) is 24.7. The lowest BCUT2D eigenvalue weighted by Gasteiger charge is -2.33. The molecule has 0 bridgehead atoms. The molecule has 4 N–H and O–H groups in total. The first-order valence-electron chi connectivity index (χ1n) is 13.5. The number of nitrogens with one attached hydrogen (secondary N) is 2. The van der Waals surface area contributed by atoms with Crippen LogP contribution in [0.4, 0.5) is 11.4 Å². The number of primary amides is 1. The number of sulfonamides is 1. The molecule has 1 aliphatic rings. The summed E-state index contributed by atoms with van der Waals surface area (Å²) < 4.78 is 46.0. The highest BCUT2D eigenvalue weighted by molar-refractivity contribution is 7.89. The van der Waals surface area contributed by atoms with Gasteiger partial charge in [-0.15, -0.1) is 0 Å². The van der Waals surface area contributed by atoms with E-state index in [1.54, 1.807) is 55.6 Å². The molecular weight excluding hydrogens is 560 g/mol. The number of hydrogen-bond acceptors (Lipinski definition) is 8. The summed E-state index contributed by atoms with van der Waals surface area (Å²) in [5.74, 6) is 0.492. The van der Waals surface area contributed by atoms with Crippen molar-refractivity contribution in [1.29, 1.82) is 0 Å². The second-order valence-electron chi connectivity index (χ2n) is 9.84. The maximum Gasteiger partial charge on any atom is 0.259 e. The monoisotopic (exact) mass is 596 g/mol. The zero-order chi connectivity index (χ0) is 30.3. The van der Waals surface area contributed by atoms with E-state index >= 15 is 0 Å². The molecule has 12 heteroatoms. The van der Waals surface area contributed by atoms with Gasteiger partial charge in [-0.2, -0.15) is 0 Å². The third-order valence-electron chi connectivity index (χ3n) is 7.25. The van der Waals surface area contributed by atoms with Crippen LogP contribution in [0.3, 0.4) is 0 Å². The number of piperidine rings is 1. The van der Waals surface area contributed by atoms with E-state index in [9.17, 15) is 18.0 Å². The molecular formula is C30H36N4O7S. The number of para-hydroxylation sites is 1. The molecule has 0 unspecified atom stereocenters. The van der Waals surface area contributed by atoms with Gasteiger partial charge in [-0.25, -0.2) is 13.1 Å². The molecule has 0 saturated carbocycles. The van der Waals surface area contributed by atoms with Crippen molar-refractivity contribution in [2.75, 3.05) is 51.2 Å². The Balaban J connectivity index is 1.59.